The summed E-state index contributed by atoms with van der Waals surface area (Å²) in [6, 6.07) is 33.7. The predicted octanol–water partition coefficient (Wildman–Crippen LogP) is 12.5. The lowest BCUT2D eigenvalue weighted by Crippen LogP contribution is -2.20. The van der Waals surface area contributed by atoms with E-state index >= 15 is 0 Å². The predicted molar refractivity (Wildman–Crippen MR) is 204 cm³/mol. The minimum Gasteiger partial charge on any atom is -0.453 e. The van der Waals surface area contributed by atoms with Crippen molar-refractivity contribution in [2.75, 3.05) is 10.2 Å². The van der Waals surface area contributed by atoms with Gasteiger partial charge in [-0.15, -0.1) is 0 Å². The van der Waals surface area contributed by atoms with Gasteiger partial charge in [0.1, 0.15) is 0 Å². The summed E-state index contributed by atoms with van der Waals surface area (Å²) in [7, 11) is 0. The molecule has 0 aliphatic carbocycles. The van der Waals surface area contributed by atoms with E-state index in [2.05, 4.69) is 105 Å². The summed E-state index contributed by atoms with van der Waals surface area (Å²) >= 11 is 0. The van der Waals surface area contributed by atoms with Crippen LogP contribution in [0.4, 0.5) is 28.4 Å². The summed E-state index contributed by atoms with van der Waals surface area (Å²) in [6.45, 7) is 8.70. The van der Waals surface area contributed by atoms with E-state index < -0.39 is 0 Å². The fraction of sp³-hybridized carbons (Fsp3) is 0.227. The highest BCUT2D eigenvalue weighted by Crippen LogP contribution is 2.59. The minimum atomic E-state index is 0.774. The van der Waals surface area contributed by atoms with Crippen LogP contribution in [-0.2, 0) is 12.8 Å². The van der Waals surface area contributed by atoms with Crippen molar-refractivity contribution in [2.24, 2.45) is 0 Å². The van der Waals surface area contributed by atoms with Gasteiger partial charge in [-0.25, -0.2) is 0 Å². The van der Waals surface area contributed by atoms with Gasteiger partial charge < -0.3 is 19.7 Å². The summed E-state index contributed by atoms with van der Waals surface area (Å²) in [5.74, 6) is 3.21. The van der Waals surface area contributed by atoms with E-state index in [-0.39, 0.29) is 0 Å². The van der Waals surface area contributed by atoms with Gasteiger partial charge in [0, 0.05) is 17.5 Å². The molecule has 6 aromatic rings. The highest BCUT2D eigenvalue weighted by atomic mass is 16.5. The van der Waals surface area contributed by atoms with Crippen molar-refractivity contribution in [2.45, 2.75) is 66.2 Å². The number of unbranched alkanes of at least 4 members (excludes halogenated alkanes) is 2. The number of nitrogens with zero attached hydrogens (tertiary/aromatic N) is 3. The number of hydrogen-bond donors (Lipinski definition) is 1. The fourth-order valence-electron chi connectivity index (χ4n) is 7.13. The number of rotatable bonds is 9. The van der Waals surface area contributed by atoms with Crippen molar-refractivity contribution in [1.29, 1.82) is 0 Å². The molecule has 0 fully saturated rings. The van der Waals surface area contributed by atoms with Gasteiger partial charge in [-0.05, 0) is 117 Å². The van der Waals surface area contributed by atoms with Crippen LogP contribution in [0.1, 0.15) is 61.9 Å². The fourth-order valence-corrected chi connectivity index (χ4v) is 7.13. The molecular formula is C44H42N4O2. The Bertz CT molecular complexity index is 2210. The summed E-state index contributed by atoms with van der Waals surface area (Å²) in [5, 5.41) is 3.81. The zero-order valence-corrected chi connectivity index (χ0v) is 29.2. The van der Waals surface area contributed by atoms with Gasteiger partial charge >= 0.3 is 0 Å². The van der Waals surface area contributed by atoms with Crippen molar-refractivity contribution in [3.05, 3.63) is 126 Å². The molecule has 0 saturated heterocycles. The van der Waals surface area contributed by atoms with Crippen molar-refractivity contribution in [3.8, 4) is 45.5 Å². The monoisotopic (exact) mass is 658 g/mol. The largest absolute Gasteiger partial charge is 0.453 e. The molecule has 0 radical (unpaired) electrons. The number of hydrogen-bond acceptors (Lipinski definition) is 6. The van der Waals surface area contributed by atoms with E-state index in [0.29, 0.717) is 0 Å². The van der Waals surface area contributed by atoms with Crippen LogP contribution in [0.5, 0.6) is 23.0 Å². The molecule has 0 bridgehead atoms. The Morgan fingerprint density at radius 1 is 0.720 bits per heavy atom. The molecule has 6 nitrogen and oxygen atoms in total. The SMILES string of the molecule is CCCCc1ccc(CCCC)c(-c2c(N3c4cccc(C)c4Oc4cc(C)cc(-c5ccccn5)c43)ccc3c2Nc2ccccc2O3)n1. The smallest absolute Gasteiger partial charge is 0.154 e. The zero-order chi connectivity index (χ0) is 34.2. The number of nitrogens with one attached hydrogen (secondary N) is 1. The van der Waals surface area contributed by atoms with Crippen LogP contribution in [0.25, 0.3) is 22.5 Å². The number of para-hydroxylation sites is 3. The Morgan fingerprint density at radius 3 is 2.40 bits per heavy atom. The third-order valence-electron chi connectivity index (χ3n) is 9.64. The van der Waals surface area contributed by atoms with E-state index in [1.165, 1.54) is 5.56 Å². The Hall–Kier alpha value is -5.62. The molecule has 250 valence electrons. The van der Waals surface area contributed by atoms with Gasteiger partial charge in [0.15, 0.2) is 23.0 Å². The molecule has 0 saturated carbocycles. The summed E-state index contributed by atoms with van der Waals surface area (Å²) in [4.78, 5) is 12.7. The average molecular weight is 659 g/mol. The lowest BCUT2D eigenvalue weighted by molar-refractivity contribution is 0.473. The third kappa shape index (κ3) is 5.65. The molecule has 4 aromatic carbocycles. The molecule has 4 heterocycles. The highest BCUT2D eigenvalue weighted by molar-refractivity contribution is 6.03. The van der Waals surface area contributed by atoms with Crippen LogP contribution in [0.3, 0.4) is 0 Å². The minimum absolute atomic E-state index is 0.774. The molecule has 50 heavy (non-hydrogen) atoms. The van der Waals surface area contributed by atoms with Crippen molar-refractivity contribution >= 4 is 28.4 Å². The van der Waals surface area contributed by atoms with Gasteiger partial charge in [-0.1, -0.05) is 63.1 Å². The lowest BCUT2D eigenvalue weighted by atomic mass is 9.94. The van der Waals surface area contributed by atoms with E-state index in [4.69, 9.17) is 19.4 Å². The maximum Gasteiger partial charge on any atom is 0.154 e. The van der Waals surface area contributed by atoms with E-state index in [0.717, 1.165) is 129 Å². The van der Waals surface area contributed by atoms with Crippen LogP contribution < -0.4 is 19.7 Å². The highest BCUT2D eigenvalue weighted by Gasteiger charge is 2.35. The van der Waals surface area contributed by atoms with Gasteiger partial charge in [-0.2, -0.15) is 0 Å². The Morgan fingerprint density at radius 2 is 1.56 bits per heavy atom. The zero-order valence-electron chi connectivity index (χ0n) is 29.2. The number of aromatic nitrogens is 2. The first-order valence-electron chi connectivity index (χ1n) is 17.9. The molecule has 2 aliphatic rings. The number of anilines is 5. The van der Waals surface area contributed by atoms with Gasteiger partial charge in [0.05, 0.1) is 45.4 Å². The topological polar surface area (TPSA) is 59.5 Å². The summed E-state index contributed by atoms with van der Waals surface area (Å²) in [5.41, 5.74) is 13.1. The van der Waals surface area contributed by atoms with Crippen molar-refractivity contribution in [1.82, 2.24) is 9.97 Å². The molecule has 1 N–H and O–H groups in total. The van der Waals surface area contributed by atoms with Crippen LogP contribution in [-0.4, -0.2) is 9.97 Å². The first kappa shape index (κ1) is 31.6. The maximum absolute atomic E-state index is 6.82. The number of benzene rings is 4. The second-order valence-electron chi connectivity index (χ2n) is 13.3. The van der Waals surface area contributed by atoms with Crippen molar-refractivity contribution < 1.29 is 9.47 Å². The van der Waals surface area contributed by atoms with Crippen molar-refractivity contribution in [3.63, 3.8) is 0 Å². The number of aryl methyl sites for hydroxylation is 4. The molecule has 6 heteroatoms. The van der Waals surface area contributed by atoms with Crippen LogP contribution >= 0.6 is 0 Å². The number of fused-ring (bicyclic) bond motifs is 4. The molecule has 0 spiro atoms. The second-order valence-corrected chi connectivity index (χ2v) is 13.3. The second kappa shape index (κ2) is 13.4. The van der Waals surface area contributed by atoms with Gasteiger partial charge in [0.25, 0.3) is 0 Å². The first-order valence-corrected chi connectivity index (χ1v) is 17.9. The normalized spacial score (nSPS) is 12.5. The summed E-state index contributed by atoms with van der Waals surface area (Å²) < 4.78 is 13.4. The van der Waals surface area contributed by atoms with E-state index in [1.807, 2.05) is 36.5 Å². The molecule has 8 rings (SSSR count). The molecule has 2 aliphatic heterocycles. The standard InChI is InChI=1S/C44H42N4O2/c1-5-7-15-30-21-22-31(16-8-6-2)46-41(30)40-35(23-24-38-42(40)47-34-18-9-10-20-37(34)49-38)48-36-19-13-14-29(4)44(36)50-39-27-28(3)26-32(43(39)48)33-17-11-12-25-45-33/h9-14,17-27,47H,5-8,15-16H2,1-4H3. The van der Waals surface area contributed by atoms with E-state index in [9.17, 15) is 0 Å². The average Bonchev–Trinajstić information content (AvgIpc) is 3.14. The number of ether oxygens (including phenoxy) is 2. The van der Waals surface area contributed by atoms with Gasteiger partial charge in [-0.3, -0.25) is 9.97 Å². The van der Waals surface area contributed by atoms with Gasteiger partial charge in [0.2, 0.25) is 0 Å². The van der Waals surface area contributed by atoms with Crippen LogP contribution in [0, 0.1) is 13.8 Å². The Labute approximate surface area is 294 Å². The number of pyridine rings is 2. The lowest BCUT2D eigenvalue weighted by Gasteiger charge is -2.37. The van der Waals surface area contributed by atoms with Crippen LogP contribution in [0.15, 0.2) is 103 Å². The molecule has 0 atom stereocenters. The maximum atomic E-state index is 6.82. The molecule has 0 unspecified atom stereocenters. The Balaban J connectivity index is 1.46. The first-order chi connectivity index (χ1) is 24.5. The quantitative estimate of drug-likeness (QED) is 0.167. The van der Waals surface area contributed by atoms with E-state index in [1.54, 1.807) is 0 Å². The third-order valence-corrected chi connectivity index (χ3v) is 9.64. The van der Waals surface area contributed by atoms with Crippen LogP contribution in [0.2, 0.25) is 0 Å². The summed E-state index contributed by atoms with van der Waals surface area (Å²) in [6.07, 6.45) is 8.09. The Kier molecular flexibility index (Phi) is 8.45. The molecule has 2 aromatic heterocycles. The molecule has 0 amide bonds. The molecular weight excluding hydrogens is 617 g/mol.